The SMILES string of the molecule is CC1=C([Se]c2ccccc2)COc2ccccc21. The van der Waals surface area contributed by atoms with Crippen LogP contribution in [-0.2, 0) is 0 Å². The first-order chi connectivity index (χ1) is 8.84. The fourth-order valence-corrected chi connectivity index (χ4v) is 4.05. The van der Waals surface area contributed by atoms with E-state index in [9.17, 15) is 0 Å². The van der Waals surface area contributed by atoms with E-state index in [0.717, 1.165) is 12.4 Å². The summed E-state index contributed by atoms with van der Waals surface area (Å²) in [4.78, 5) is 0. The number of para-hydroxylation sites is 1. The van der Waals surface area contributed by atoms with Crippen molar-refractivity contribution < 1.29 is 4.74 Å². The average Bonchev–Trinajstić information content (AvgIpc) is 2.43. The third-order valence-corrected chi connectivity index (χ3v) is 5.52. The monoisotopic (exact) mass is 302 g/mol. The van der Waals surface area contributed by atoms with E-state index in [1.807, 2.05) is 12.1 Å². The first-order valence-corrected chi connectivity index (χ1v) is 7.71. The van der Waals surface area contributed by atoms with Gasteiger partial charge in [-0.3, -0.25) is 0 Å². The van der Waals surface area contributed by atoms with Crippen molar-refractivity contribution >= 4 is 25.0 Å². The van der Waals surface area contributed by atoms with Crippen molar-refractivity contribution in [2.75, 3.05) is 6.61 Å². The number of fused-ring (bicyclic) bond motifs is 1. The Morgan fingerprint density at radius 2 is 1.67 bits per heavy atom. The van der Waals surface area contributed by atoms with Crippen LogP contribution < -0.4 is 9.20 Å². The molecular weight excluding hydrogens is 287 g/mol. The summed E-state index contributed by atoms with van der Waals surface area (Å²) in [5, 5.41) is 0. The molecule has 0 bridgehead atoms. The molecule has 90 valence electrons. The van der Waals surface area contributed by atoms with E-state index in [1.165, 1.54) is 20.1 Å². The van der Waals surface area contributed by atoms with Gasteiger partial charge in [-0.2, -0.15) is 0 Å². The van der Waals surface area contributed by atoms with E-state index >= 15 is 0 Å². The Bertz CT molecular complexity index is 587. The van der Waals surface area contributed by atoms with Gasteiger partial charge in [-0.15, -0.1) is 0 Å². The Morgan fingerprint density at radius 1 is 0.944 bits per heavy atom. The molecule has 0 amide bonds. The zero-order valence-electron chi connectivity index (χ0n) is 10.2. The van der Waals surface area contributed by atoms with Crippen LogP contribution in [0.25, 0.3) is 5.57 Å². The van der Waals surface area contributed by atoms with Crippen LogP contribution in [0.15, 0.2) is 59.1 Å². The van der Waals surface area contributed by atoms with Gasteiger partial charge < -0.3 is 0 Å². The third-order valence-electron chi connectivity index (χ3n) is 3.05. The molecule has 2 heteroatoms. The molecule has 2 aromatic carbocycles. The van der Waals surface area contributed by atoms with E-state index in [-0.39, 0.29) is 0 Å². The maximum atomic E-state index is 5.84. The molecule has 18 heavy (non-hydrogen) atoms. The number of hydrogen-bond acceptors (Lipinski definition) is 1. The van der Waals surface area contributed by atoms with Crippen LogP contribution in [0.4, 0.5) is 0 Å². The van der Waals surface area contributed by atoms with Crippen LogP contribution >= 0.6 is 0 Å². The molecule has 3 rings (SSSR count). The quantitative estimate of drug-likeness (QED) is 0.775. The van der Waals surface area contributed by atoms with Gasteiger partial charge in [0.25, 0.3) is 0 Å². The molecule has 1 heterocycles. The summed E-state index contributed by atoms with van der Waals surface area (Å²) < 4.78 is 8.68. The summed E-state index contributed by atoms with van der Waals surface area (Å²) in [5.74, 6) is 1.02. The van der Waals surface area contributed by atoms with Crippen molar-refractivity contribution in [2.45, 2.75) is 6.92 Å². The van der Waals surface area contributed by atoms with E-state index in [4.69, 9.17) is 4.74 Å². The summed E-state index contributed by atoms with van der Waals surface area (Å²) in [6.07, 6.45) is 0. The first kappa shape index (κ1) is 11.6. The number of rotatable bonds is 2. The molecule has 0 saturated heterocycles. The molecule has 1 aliphatic heterocycles. The van der Waals surface area contributed by atoms with E-state index in [2.05, 4.69) is 49.4 Å². The van der Waals surface area contributed by atoms with Crippen molar-refractivity contribution in [3.8, 4) is 5.75 Å². The van der Waals surface area contributed by atoms with Crippen molar-refractivity contribution in [1.82, 2.24) is 0 Å². The molecule has 0 aliphatic carbocycles. The van der Waals surface area contributed by atoms with Crippen LogP contribution in [0.2, 0.25) is 0 Å². The minimum atomic E-state index is 0.360. The molecule has 0 N–H and O–H groups in total. The fourth-order valence-electron chi connectivity index (χ4n) is 2.04. The Balaban J connectivity index is 1.94. The van der Waals surface area contributed by atoms with Gasteiger partial charge in [-0.05, 0) is 0 Å². The van der Waals surface area contributed by atoms with Gasteiger partial charge in [0.15, 0.2) is 0 Å². The second-order valence-electron chi connectivity index (χ2n) is 4.25. The van der Waals surface area contributed by atoms with Crippen molar-refractivity contribution in [3.63, 3.8) is 0 Å². The Morgan fingerprint density at radius 3 is 2.50 bits per heavy atom. The van der Waals surface area contributed by atoms with E-state index < -0.39 is 0 Å². The second kappa shape index (κ2) is 5.01. The van der Waals surface area contributed by atoms with Crippen LogP contribution in [0.3, 0.4) is 0 Å². The normalized spacial score (nSPS) is 14.1. The number of hydrogen-bond donors (Lipinski definition) is 0. The summed E-state index contributed by atoms with van der Waals surface area (Å²) >= 11 is 0.360. The average molecular weight is 301 g/mol. The standard InChI is InChI=1S/C16H14OSe/c1-12-14-9-5-6-10-15(14)17-11-16(12)18-13-7-3-2-4-8-13/h2-10H,11H2,1H3. The Hall–Kier alpha value is -1.50. The van der Waals surface area contributed by atoms with E-state index in [0.29, 0.717) is 15.0 Å². The van der Waals surface area contributed by atoms with Crippen LogP contribution in [-0.4, -0.2) is 21.6 Å². The molecule has 0 fully saturated rings. The Labute approximate surface area is 114 Å². The first-order valence-electron chi connectivity index (χ1n) is 5.99. The molecule has 0 aromatic heterocycles. The van der Waals surface area contributed by atoms with Crippen LogP contribution in [0.5, 0.6) is 5.75 Å². The van der Waals surface area contributed by atoms with Crippen molar-refractivity contribution in [1.29, 1.82) is 0 Å². The molecule has 2 aromatic rings. The molecular formula is C16H14OSe. The number of ether oxygens (including phenoxy) is 1. The molecule has 0 spiro atoms. The summed E-state index contributed by atoms with van der Waals surface area (Å²) in [7, 11) is 0. The van der Waals surface area contributed by atoms with Gasteiger partial charge in [0.1, 0.15) is 0 Å². The molecule has 0 saturated carbocycles. The molecule has 1 aliphatic rings. The minimum absolute atomic E-state index is 0.360. The molecule has 1 nitrogen and oxygen atoms in total. The van der Waals surface area contributed by atoms with Gasteiger partial charge in [0.2, 0.25) is 0 Å². The maximum absolute atomic E-state index is 5.84. The Kier molecular flexibility index (Phi) is 3.22. The van der Waals surface area contributed by atoms with Crippen LogP contribution in [0.1, 0.15) is 12.5 Å². The summed E-state index contributed by atoms with van der Waals surface area (Å²) in [6, 6.07) is 18.9. The molecule has 0 unspecified atom stereocenters. The summed E-state index contributed by atoms with van der Waals surface area (Å²) in [5.41, 5.74) is 2.64. The molecule has 0 atom stereocenters. The van der Waals surface area contributed by atoms with Gasteiger partial charge in [0, 0.05) is 0 Å². The number of benzene rings is 2. The predicted molar refractivity (Wildman–Crippen MR) is 76.4 cm³/mol. The van der Waals surface area contributed by atoms with Crippen molar-refractivity contribution in [3.05, 3.63) is 64.6 Å². The zero-order valence-corrected chi connectivity index (χ0v) is 11.9. The van der Waals surface area contributed by atoms with Gasteiger partial charge in [-0.25, -0.2) is 0 Å². The van der Waals surface area contributed by atoms with Gasteiger partial charge in [0.05, 0.1) is 0 Å². The van der Waals surface area contributed by atoms with Gasteiger partial charge in [-0.1, -0.05) is 0 Å². The van der Waals surface area contributed by atoms with Crippen LogP contribution in [0, 0.1) is 0 Å². The third kappa shape index (κ3) is 2.22. The fraction of sp³-hybridized carbons (Fsp3) is 0.125. The van der Waals surface area contributed by atoms with Gasteiger partial charge >= 0.3 is 114 Å². The zero-order chi connectivity index (χ0) is 12.4. The topological polar surface area (TPSA) is 9.23 Å². The predicted octanol–water partition coefficient (Wildman–Crippen LogP) is 2.84. The number of allylic oxidation sites excluding steroid dienone is 1. The second-order valence-corrected chi connectivity index (χ2v) is 6.70. The van der Waals surface area contributed by atoms with Crippen molar-refractivity contribution in [2.24, 2.45) is 0 Å². The molecule has 0 radical (unpaired) electrons. The van der Waals surface area contributed by atoms with E-state index in [1.54, 1.807) is 0 Å². The summed E-state index contributed by atoms with van der Waals surface area (Å²) in [6.45, 7) is 2.94.